The number of hydrogen-bond acceptors (Lipinski definition) is 5. The number of ether oxygens (including phenoxy) is 1. The molecule has 2 aliphatic heterocycles. The van der Waals surface area contributed by atoms with E-state index in [9.17, 15) is 8.42 Å². The third-order valence-corrected chi connectivity index (χ3v) is 7.21. The zero-order valence-corrected chi connectivity index (χ0v) is 12.5. The number of pyridine rings is 1. The first-order valence-electron chi connectivity index (χ1n) is 6.90. The van der Waals surface area contributed by atoms with Crippen molar-refractivity contribution >= 4 is 9.84 Å². The molecule has 0 amide bonds. The van der Waals surface area contributed by atoms with Crippen molar-refractivity contribution in [3.05, 3.63) is 30.1 Å². The summed E-state index contributed by atoms with van der Waals surface area (Å²) < 4.78 is 29.4. The molecule has 0 N–H and O–H groups in total. The summed E-state index contributed by atoms with van der Waals surface area (Å²) in [6, 6.07) is 3.95. The maximum atomic E-state index is 12.4. The van der Waals surface area contributed by atoms with Gasteiger partial charge in [-0.1, -0.05) is 0 Å². The van der Waals surface area contributed by atoms with Crippen molar-refractivity contribution in [2.45, 2.75) is 17.7 Å². The summed E-state index contributed by atoms with van der Waals surface area (Å²) in [7, 11) is -1.34. The van der Waals surface area contributed by atoms with Crippen molar-refractivity contribution in [3.63, 3.8) is 0 Å². The van der Waals surface area contributed by atoms with Crippen LogP contribution >= 0.6 is 0 Å². The number of likely N-dealkylation sites (tertiary alicyclic amines) is 1. The molecule has 0 bridgehead atoms. The van der Waals surface area contributed by atoms with E-state index in [4.69, 9.17) is 4.74 Å². The van der Waals surface area contributed by atoms with Gasteiger partial charge in [-0.05, 0) is 24.1 Å². The highest BCUT2D eigenvalue weighted by Crippen LogP contribution is 2.45. The minimum Gasteiger partial charge on any atom is -0.384 e. The zero-order valence-electron chi connectivity index (χ0n) is 11.7. The molecule has 20 heavy (non-hydrogen) atoms. The normalized spacial score (nSPS) is 27.6. The van der Waals surface area contributed by atoms with Crippen LogP contribution in [0.15, 0.2) is 24.5 Å². The Hall–Kier alpha value is -0.980. The van der Waals surface area contributed by atoms with Crippen LogP contribution in [-0.2, 0) is 21.1 Å². The van der Waals surface area contributed by atoms with Crippen LogP contribution in [0, 0.1) is 5.92 Å². The molecule has 1 aromatic rings. The van der Waals surface area contributed by atoms with E-state index in [0.29, 0.717) is 25.4 Å². The minimum absolute atomic E-state index is 0.145. The van der Waals surface area contributed by atoms with Gasteiger partial charge < -0.3 is 4.74 Å². The molecule has 2 saturated heterocycles. The monoisotopic (exact) mass is 296 g/mol. The first-order valence-corrected chi connectivity index (χ1v) is 8.55. The highest BCUT2D eigenvalue weighted by molar-refractivity contribution is 7.93. The number of rotatable bonds is 4. The van der Waals surface area contributed by atoms with Crippen LogP contribution in [0.25, 0.3) is 0 Å². The lowest BCUT2D eigenvalue weighted by molar-refractivity contribution is 0.0411. The minimum atomic E-state index is -2.98. The molecular formula is C14H20N2O3S. The smallest absolute Gasteiger partial charge is 0.158 e. The number of hydrogen-bond donors (Lipinski definition) is 0. The van der Waals surface area contributed by atoms with Crippen LogP contribution in [0.1, 0.15) is 12.0 Å². The summed E-state index contributed by atoms with van der Waals surface area (Å²) in [6.45, 7) is 2.60. The number of sulfone groups is 1. The largest absolute Gasteiger partial charge is 0.384 e. The van der Waals surface area contributed by atoms with Gasteiger partial charge in [-0.3, -0.25) is 9.88 Å². The molecule has 0 aromatic carbocycles. The van der Waals surface area contributed by atoms with Gasteiger partial charge in [0.05, 0.1) is 12.4 Å². The lowest BCUT2D eigenvalue weighted by Crippen LogP contribution is -2.67. The molecule has 0 radical (unpaired) electrons. The lowest BCUT2D eigenvalue weighted by atomic mass is 9.83. The van der Waals surface area contributed by atoms with Gasteiger partial charge in [0.2, 0.25) is 0 Å². The van der Waals surface area contributed by atoms with Crippen LogP contribution < -0.4 is 0 Å². The Kier molecular flexibility index (Phi) is 3.56. The molecule has 3 rings (SSSR count). The van der Waals surface area contributed by atoms with Crippen LogP contribution in [0.2, 0.25) is 0 Å². The molecular weight excluding hydrogens is 276 g/mol. The van der Waals surface area contributed by atoms with E-state index in [1.54, 1.807) is 19.5 Å². The zero-order chi connectivity index (χ0) is 14.2. The lowest BCUT2D eigenvalue weighted by Gasteiger charge is -2.50. The number of nitrogens with zero attached hydrogens (tertiary/aromatic N) is 2. The second-order valence-electron chi connectivity index (χ2n) is 5.83. The second-order valence-corrected chi connectivity index (χ2v) is 8.28. The van der Waals surface area contributed by atoms with Crippen molar-refractivity contribution in [1.29, 1.82) is 0 Å². The highest BCUT2D eigenvalue weighted by atomic mass is 32.2. The third-order valence-electron chi connectivity index (χ3n) is 4.60. The molecule has 0 aliphatic carbocycles. The number of aromatic nitrogens is 1. The molecule has 2 aliphatic rings. The fourth-order valence-electron chi connectivity index (χ4n) is 3.48. The van der Waals surface area contributed by atoms with Gasteiger partial charge in [-0.2, -0.15) is 0 Å². The summed E-state index contributed by atoms with van der Waals surface area (Å²) >= 11 is 0. The van der Waals surface area contributed by atoms with E-state index in [2.05, 4.69) is 9.88 Å². The van der Waals surface area contributed by atoms with E-state index < -0.39 is 14.6 Å². The summed E-state index contributed by atoms with van der Waals surface area (Å²) in [5, 5.41) is 0. The summed E-state index contributed by atoms with van der Waals surface area (Å²) in [5.74, 6) is 0.454. The molecule has 6 heteroatoms. The SMILES string of the molecule is COCC1CCS(=O)(=O)C12CN(Cc1ccncc1)C2. The van der Waals surface area contributed by atoms with Gasteiger partial charge in [-0.15, -0.1) is 0 Å². The Morgan fingerprint density at radius 2 is 2.10 bits per heavy atom. The average molecular weight is 296 g/mol. The maximum absolute atomic E-state index is 12.4. The van der Waals surface area contributed by atoms with Crippen LogP contribution in [0.3, 0.4) is 0 Å². The van der Waals surface area contributed by atoms with Crippen LogP contribution in [-0.4, -0.2) is 55.6 Å². The van der Waals surface area contributed by atoms with Crippen molar-refractivity contribution in [2.75, 3.05) is 32.6 Å². The van der Waals surface area contributed by atoms with Crippen molar-refractivity contribution in [2.24, 2.45) is 5.92 Å². The quantitative estimate of drug-likeness (QED) is 0.819. The molecule has 2 fully saturated rings. The summed E-state index contributed by atoms with van der Waals surface area (Å²) in [4.78, 5) is 6.19. The molecule has 1 aromatic heterocycles. The maximum Gasteiger partial charge on any atom is 0.158 e. The Balaban J connectivity index is 1.70. The van der Waals surface area contributed by atoms with Gasteiger partial charge in [0.25, 0.3) is 0 Å². The van der Waals surface area contributed by atoms with Crippen LogP contribution in [0.4, 0.5) is 0 Å². The molecule has 0 saturated carbocycles. The number of methoxy groups -OCH3 is 1. The van der Waals surface area contributed by atoms with E-state index in [1.807, 2.05) is 12.1 Å². The molecule has 5 nitrogen and oxygen atoms in total. The average Bonchev–Trinajstić information content (AvgIpc) is 2.64. The van der Waals surface area contributed by atoms with E-state index in [-0.39, 0.29) is 5.92 Å². The molecule has 1 unspecified atom stereocenters. The second kappa shape index (κ2) is 5.09. The van der Waals surface area contributed by atoms with Gasteiger partial charge in [0.15, 0.2) is 9.84 Å². The molecule has 110 valence electrons. The van der Waals surface area contributed by atoms with Gasteiger partial charge in [-0.25, -0.2) is 8.42 Å². The Bertz CT molecular complexity index is 567. The highest BCUT2D eigenvalue weighted by Gasteiger charge is 2.61. The fourth-order valence-corrected chi connectivity index (χ4v) is 5.93. The van der Waals surface area contributed by atoms with Crippen LogP contribution in [0.5, 0.6) is 0 Å². The van der Waals surface area contributed by atoms with Gasteiger partial charge in [0, 0.05) is 45.1 Å². The van der Waals surface area contributed by atoms with E-state index in [0.717, 1.165) is 13.0 Å². The standard InChI is InChI=1S/C14H20N2O3S/c1-19-9-13-4-7-20(17,18)14(13)10-16(11-14)8-12-2-5-15-6-3-12/h2-3,5-6,13H,4,7-11H2,1H3. The predicted molar refractivity (Wildman–Crippen MR) is 76.0 cm³/mol. The molecule has 1 atom stereocenters. The first-order chi connectivity index (χ1) is 9.57. The molecule has 3 heterocycles. The Morgan fingerprint density at radius 3 is 2.75 bits per heavy atom. The summed E-state index contributed by atoms with van der Waals surface area (Å²) in [5.41, 5.74) is 1.17. The Morgan fingerprint density at radius 1 is 1.40 bits per heavy atom. The van der Waals surface area contributed by atoms with Crippen molar-refractivity contribution in [1.82, 2.24) is 9.88 Å². The molecule has 1 spiro atoms. The Labute approximate surface area is 119 Å². The van der Waals surface area contributed by atoms with E-state index >= 15 is 0 Å². The topological polar surface area (TPSA) is 59.5 Å². The summed E-state index contributed by atoms with van der Waals surface area (Å²) in [6.07, 6.45) is 4.27. The van der Waals surface area contributed by atoms with Gasteiger partial charge in [0.1, 0.15) is 4.75 Å². The van der Waals surface area contributed by atoms with Crippen molar-refractivity contribution < 1.29 is 13.2 Å². The van der Waals surface area contributed by atoms with E-state index in [1.165, 1.54) is 5.56 Å². The fraction of sp³-hybridized carbons (Fsp3) is 0.643. The van der Waals surface area contributed by atoms with Gasteiger partial charge >= 0.3 is 0 Å². The third kappa shape index (κ3) is 2.16. The first kappa shape index (κ1) is 14.0. The van der Waals surface area contributed by atoms with Crippen molar-refractivity contribution in [3.8, 4) is 0 Å². The predicted octanol–water partition coefficient (Wildman–Crippen LogP) is 0.717.